The summed E-state index contributed by atoms with van der Waals surface area (Å²) in [5.41, 5.74) is 1.31. The molecule has 2 saturated heterocycles. The van der Waals surface area contributed by atoms with Gasteiger partial charge in [0.05, 0.1) is 5.52 Å². The number of nitrogens with zero attached hydrogens (tertiary/aromatic N) is 2. The second kappa shape index (κ2) is 6.43. The number of carbonyl (C=O) groups excluding carboxylic acids is 1. The third kappa shape index (κ3) is 2.86. The fraction of sp³-hybridized carbons (Fsp3) is 0.556. The Morgan fingerprint density at radius 1 is 1.21 bits per heavy atom. The lowest BCUT2D eigenvalue weighted by atomic mass is 9.99. The predicted octanol–water partition coefficient (Wildman–Crippen LogP) is 1.73. The minimum Gasteiger partial charge on any atom is -0.408 e. The number of nitrogens with one attached hydrogen (secondary N) is 1. The molecule has 2 atom stereocenters. The molecule has 1 aromatic heterocycles. The van der Waals surface area contributed by atoms with Gasteiger partial charge < -0.3 is 9.73 Å². The number of hydrogen-bond donors (Lipinski definition) is 1. The van der Waals surface area contributed by atoms with Crippen LogP contribution >= 0.6 is 0 Å². The molecule has 2 aliphatic rings. The van der Waals surface area contributed by atoms with Crippen LogP contribution in [0.1, 0.15) is 32.1 Å². The van der Waals surface area contributed by atoms with Crippen molar-refractivity contribution >= 4 is 17.0 Å². The molecule has 128 valence electrons. The van der Waals surface area contributed by atoms with Gasteiger partial charge in [-0.1, -0.05) is 18.6 Å². The van der Waals surface area contributed by atoms with Crippen molar-refractivity contribution in [2.45, 2.75) is 50.7 Å². The average molecular weight is 329 g/mol. The van der Waals surface area contributed by atoms with Crippen LogP contribution in [0, 0.1) is 0 Å². The quantitative estimate of drug-likeness (QED) is 0.927. The number of hydrogen-bond acceptors (Lipinski definition) is 4. The highest BCUT2D eigenvalue weighted by atomic mass is 16.4. The zero-order valence-electron chi connectivity index (χ0n) is 13.7. The Labute approximate surface area is 140 Å². The van der Waals surface area contributed by atoms with Gasteiger partial charge in [-0.15, -0.1) is 0 Å². The number of amides is 1. The van der Waals surface area contributed by atoms with Crippen LogP contribution in [0.15, 0.2) is 33.5 Å². The Morgan fingerprint density at radius 2 is 2.08 bits per heavy atom. The van der Waals surface area contributed by atoms with E-state index in [1.165, 1.54) is 23.8 Å². The molecular weight excluding hydrogens is 306 g/mol. The van der Waals surface area contributed by atoms with Gasteiger partial charge in [-0.2, -0.15) is 0 Å². The minimum atomic E-state index is -0.400. The Morgan fingerprint density at radius 3 is 3.00 bits per heavy atom. The van der Waals surface area contributed by atoms with Crippen LogP contribution in [0.4, 0.5) is 0 Å². The minimum absolute atomic E-state index is 0.0182. The van der Waals surface area contributed by atoms with E-state index in [0.717, 1.165) is 25.0 Å². The molecule has 0 bridgehead atoms. The number of fused-ring (bicyclic) bond motifs is 2. The van der Waals surface area contributed by atoms with Crippen molar-refractivity contribution in [3.8, 4) is 0 Å². The number of carbonyl (C=O) groups is 1. The molecule has 1 amide bonds. The van der Waals surface area contributed by atoms with Crippen molar-refractivity contribution in [1.29, 1.82) is 0 Å². The van der Waals surface area contributed by atoms with Gasteiger partial charge in [0.25, 0.3) is 0 Å². The molecule has 0 radical (unpaired) electrons. The average Bonchev–Trinajstić information content (AvgIpc) is 3.14. The number of rotatable bonds is 4. The first-order valence-corrected chi connectivity index (χ1v) is 8.84. The fourth-order valence-electron chi connectivity index (χ4n) is 4.13. The van der Waals surface area contributed by atoms with Crippen molar-refractivity contribution in [1.82, 2.24) is 14.8 Å². The molecule has 6 heteroatoms. The summed E-state index contributed by atoms with van der Waals surface area (Å²) in [6, 6.07) is 8.07. The van der Waals surface area contributed by atoms with E-state index >= 15 is 0 Å². The van der Waals surface area contributed by atoms with Gasteiger partial charge in [0, 0.05) is 31.6 Å². The molecule has 0 unspecified atom stereocenters. The number of oxazole rings is 1. The first kappa shape index (κ1) is 15.4. The van der Waals surface area contributed by atoms with Gasteiger partial charge in [-0.25, -0.2) is 4.79 Å². The van der Waals surface area contributed by atoms with Crippen LogP contribution in [0.3, 0.4) is 0 Å². The molecule has 3 heterocycles. The molecule has 0 saturated carbocycles. The molecule has 2 aromatic rings. The first-order valence-electron chi connectivity index (χ1n) is 8.84. The standard InChI is InChI=1S/C18H23N3O3/c22-17(19-13-8-11-20-10-4-3-5-14(13)20)9-12-21-15-6-1-2-7-16(15)24-18(21)23/h1-2,6-7,13-14H,3-5,8-12H2,(H,19,22)/t13-,14+/m0/s1. The summed E-state index contributed by atoms with van der Waals surface area (Å²) in [7, 11) is 0. The number of para-hydroxylation sites is 2. The van der Waals surface area contributed by atoms with Crippen LogP contribution in [0.5, 0.6) is 0 Å². The summed E-state index contributed by atoms with van der Waals surface area (Å²) >= 11 is 0. The van der Waals surface area contributed by atoms with Crippen LogP contribution in [0.2, 0.25) is 0 Å². The second-order valence-corrected chi connectivity index (χ2v) is 6.80. The van der Waals surface area contributed by atoms with E-state index in [4.69, 9.17) is 4.42 Å². The molecule has 1 aromatic carbocycles. The Bertz CT molecular complexity index is 794. The molecule has 24 heavy (non-hydrogen) atoms. The van der Waals surface area contributed by atoms with Crippen molar-refractivity contribution < 1.29 is 9.21 Å². The molecule has 2 aliphatic heterocycles. The van der Waals surface area contributed by atoms with E-state index in [1.54, 1.807) is 6.07 Å². The Balaban J connectivity index is 1.38. The van der Waals surface area contributed by atoms with E-state index in [-0.39, 0.29) is 11.9 Å². The van der Waals surface area contributed by atoms with E-state index in [2.05, 4.69) is 10.2 Å². The van der Waals surface area contributed by atoms with Crippen LogP contribution < -0.4 is 11.1 Å². The number of benzene rings is 1. The molecule has 6 nitrogen and oxygen atoms in total. The molecular formula is C18H23N3O3. The van der Waals surface area contributed by atoms with Gasteiger partial charge in [-0.3, -0.25) is 14.3 Å². The highest BCUT2D eigenvalue weighted by molar-refractivity contribution is 5.77. The molecule has 4 rings (SSSR count). The third-order valence-corrected chi connectivity index (χ3v) is 5.34. The van der Waals surface area contributed by atoms with Gasteiger partial charge in [0.2, 0.25) is 5.91 Å². The zero-order valence-corrected chi connectivity index (χ0v) is 13.7. The molecule has 2 fully saturated rings. The van der Waals surface area contributed by atoms with E-state index < -0.39 is 5.76 Å². The van der Waals surface area contributed by atoms with E-state index in [0.29, 0.717) is 24.6 Å². The Kier molecular flexibility index (Phi) is 4.14. The number of aromatic nitrogens is 1. The van der Waals surface area contributed by atoms with Crippen molar-refractivity contribution in [2.75, 3.05) is 13.1 Å². The number of piperidine rings is 1. The summed E-state index contributed by atoms with van der Waals surface area (Å²) in [6.45, 7) is 2.59. The van der Waals surface area contributed by atoms with Crippen LogP contribution in [-0.2, 0) is 11.3 Å². The van der Waals surface area contributed by atoms with Crippen LogP contribution in [0.25, 0.3) is 11.1 Å². The number of aryl methyl sites for hydroxylation is 1. The van der Waals surface area contributed by atoms with Gasteiger partial charge in [0.15, 0.2) is 5.58 Å². The largest absolute Gasteiger partial charge is 0.419 e. The summed E-state index contributed by atoms with van der Waals surface area (Å²) in [4.78, 5) is 26.8. The predicted molar refractivity (Wildman–Crippen MR) is 90.9 cm³/mol. The van der Waals surface area contributed by atoms with Crippen molar-refractivity contribution in [3.63, 3.8) is 0 Å². The van der Waals surface area contributed by atoms with E-state index in [1.807, 2.05) is 18.2 Å². The lowest BCUT2D eigenvalue weighted by Gasteiger charge is -2.32. The monoisotopic (exact) mass is 329 g/mol. The molecule has 0 aliphatic carbocycles. The lowest BCUT2D eigenvalue weighted by molar-refractivity contribution is -0.122. The maximum absolute atomic E-state index is 12.3. The summed E-state index contributed by atoms with van der Waals surface area (Å²) in [5.74, 6) is -0.382. The summed E-state index contributed by atoms with van der Waals surface area (Å²) < 4.78 is 6.74. The maximum Gasteiger partial charge on any atom is 0.419 e. The highest BCUT2D eigenvalue weighted by Gasteiger charge is 2.36. The zero-order chi connectivity index (χ0) is 16.5. The van der Waals surface area contributed by atoms with Crippen LogP contribution in [-0.4, -0.2) is 40.5 Å². The van der Waals surface area contributed by atoms with E-state index in [9.17, 15) is 9.59 Å². The molecule has 0 spiro atoms. The molecule has 1 N–H and O–H groups in total. The Hall–Kier alpha value is -2.08. The van der Waals surface area contributed by atoms with Crippen molar-refractivity contribution in [3.05, 3.63) is 34.8 Å². The summed E-state index contributed by atoms with van der Waals surface area (Å²) in [6.07, 6.45) is 5.03. The fourth-order valence-corrected chi connectivity index (χ4v) is 4.13. The maximum atomic E-state index is 12.3. The van der Waals surface area contributed by atoms with Gasteiger partial charge >= 0.3 is 5.76 Å². The summed E-state index contributed by atoms with van der Waals surface area (Å²) in [5, 5.41) is 3.18. The second-order valence-electron chi connectivity index (χ2n) is 6.80. The smallest absolute Gasteiger partial charge is 0.408 e. The lowest BCUT2D eigenvalue weighted by Crippen LogP contribution is -2.47. The SMILES string of the molecule is O=C(CCn1c(=O)oc2ccccc21)N[C@H]1CCN2CCCC[C@H]12. The highest BCUT2D eigenvalue weighted by Crippen LogP contribution is 2.27. The van der Waals surface area contributed by atoms with Crippen molar-refractivity contribution in [2.24, 2.45) is 0 Å². The topological polar surface area (TPSA) is 67.5 Å². The van der Waals surface area contributed by atoms with Gasteiger partial charge in [0.1, 0.15) is 0 Å². The normalized spacial score (nSPS) is 24.2. The third-order valence-electron chi connectivity index (χ3n) is 5.34. The first-order chi connectivity index (χ1) is 11.7. The van der Waals surface area contributed by atoms with Gasteiger partial charge in [-0.05, 0) is 37.9 Å².